The lowest BCUT2D eigenvalue weighted by Gasteiger charge is -2.23. The number of para-hydroxylation sites is 2. The molecule has 1 aliphatic heterocycles. The highest BCUT2D eigenvalue weighted by Gasteiger charge is 2.57. The average molecular weight is 389 g/mol. The molecule has 2 aromatic carbocycles. The van der Waals surface area contributed by atoms with Crippen LogP contribution < -0.4 is 20.1 Å². The monoisotopic (exact) mass is 388 g/mol. The molecule has 1 unspecified atom stereocenters. The van der Waals surface area contributed by atoms with Crippen LogP contribution in [0.25, 0.3) is 0 Å². The highest BCUT2D eigenvalue weighted by Crippen LogP contribution is 2.58. The predicted octanol–water partition coefficient (Wildman–Crippen LogP) is 4.24. The first kappa shape index (κ1) is 19.5. The van der Waals surface area contributed by atoms with Crippen LogP contribution in [0.3, 0.4) is 0 Å². The molecule has 6 heteroatoms. The number of halogens is 1. The molecule has 144 valence electrons. The number of piperidine rings is 1. The molecule has 0 aromatic heterocycles. The lowest BCUT2D eigenvalue weighted by molar-refractivity contribution is -0.118. The van der Waals surface area contributed by atoms with E-state index in [9.17, 15) is 4.79 Å². The van der Waals surface area contributed by atoms with E-state index in [2.05, 4.69) is 10.6 Å². The smallest absolute Gasteiger partial charge is 0.228 e. The van der Waals surface area contributed by atoms with Gasteiger partial charge in [-0.1, -0.05) is 12.1 Å². The number of anilines is 1. The van der Waals surface area contributed by atoms with Crippen LogP contribution in [0.4, 0.5) is 5.69 Å². The van der Waals surface area contributed by atoms with Crippen LogP contribution in [0, 0.1) is 11.3 Å². The van der Waals surface area contributed by atoms with Crippen molar-refractivity contribution in [2.24, 2.45) is 11.3 Å². The predicted molar refractivity (Wildman–Crippen MR) is 108 cm³/mol. The molecule has 1 heterocycles. The summed E-state index contributed by atoms with van der Waals surface area (Å²) in [6.07, 6.45) is 3.24. The van der Waals surface area contributed by atoms with Crippen LogP contribution in [0.2, 0.25) is 0 Å². The Hall–Kier alpha value is -2.24. The molecule has 2 aromatic rings. The maximum atomic E-state index is 12.5. The Balaban J connectivity index is 0.00000210. The van der Waals surface area contributed by atoms with Gasteiger partial charge in [0.15, 0.2) is 11.5 Å². The summed E-state index contributed by atoms with van der Waals surface area (Å²) >= 11 is 0. The van der Waals surface area contributed by atoms with Crippen molar-refractivity contribution in [1.29, 1.82) is 0 Å². The summed E-state index contributed by atoms with van der Waals surface area (Å²) < 4.78 is 11.2. The average Bonchev–Trinajstić information content (AvgIpc) is 3.37. The minimum Gasteiger partial charge on any atom is -0.493 e. The summed E-state index contributed by atoms with van der Waals surface area (Å²) in [5, 5.41) is 6.42. The molecule has 1 saturated heterocycles. The maximum Gasteiger partial charge on any atom is 0.228 e. The Kier molecular flexibility index (Phi) is 5.92. The molecule has 1 amide bonds. The van der Waals surface area contributed by atoms with Gasteiger partial charge in [-0.3, -0.25) is 4.79 Å². The quantitative estimate of drug-likeness (QED) is 0.804. The van der Waals surface area contributed by atoms with E-state index in [1.807, 2.05) is 48.5 Å². The molecular formula is C21H25ClN2O3. The second-order valence-electron chi connectivity index (χ2n) is 7.14. The van der Waals surface area contributed by atoms with Crippen molar-refractivity contribution in [2.75, 3.05) is 25.5 Å². The highest BCUT2D eigenvalue weighted by atomic mass is 35.5. The number of carbonyl (C=O) groups is 1. The number of carbonyl (C=O) groups excluding carboxylic acids is 1. The first-order chi connectivity index (χ1) is 12.7. The van der Waals surface area contributed by atoms with E-state index in [1.54, 1.807) is 7.11 Å². The molecule has 1 saturated carbocycles. The molecule has 0 bridgehead atoms. The molecule has 27 heavy (non-hydrogen) atoms. The SMILES string of the molecule is COc1ccccc1Oc1ccc(NC(=O)C2CC23CCNCC3)cc1.Cl. The van der Waals surface area contributed by atoms with Gasteiger partial charge in [0.25, 0.3) is 0 Å². The van der Waals surface area contributed by atoms with Gasteiger partial charge in [0.2, 0.25) is 5.91 Å². The van der Waals surface area contributed by atoms with Crippen molar-refractivity contribution in [3.8, 4) is 17.2 Å². The first-order valence-electron chi connectivity index (χ1n) is 9.13. The second-order valence-corrected chi connectivity index (χ2v) is 7.14. The number of hydrogen-bond donors (Lipinski definition) is 2. The Labute approximate surface area is 165 Å². The van der Waals surface area contributed by atoms with Gasteiger partial charge in [-0.2, -0.15) is 0 Å². The molecule has 2 fully saturated rings. The Bertz CT molecular complexity index is 788. The number of amides is 1. The zero-order valence-electron chi connectivity index (χ0n) is 15.4. The van der Waals surface area contributed by atoms with E-state index >= 15 is 0 Å². The Morgan fingerprint density at radius 3 is 2.41 bits per heavy atom. The minimum atomic E-state index is 0. The topological polar surface area (TPSA) is 59.6 Å². The molecule has 5 nitrogen and oxygen atoms in total. The summed E-state index contributed by atoms with van der Waals surface area (Å²) in [5.41, 5.74) is 1.06. The van der Waals surface area contributed by atoms with Crippen LogP contribution in [0.5, 0.6) is 17.2 Å². The van der Waals surface area contributed by atoms with E-state index in [0.29, 0.717) is 17.2 Å². The molecule has 1 aliphatic carbocycles. The van der Waals surface area contributed by atoms with Gasteiger partial charge < -0.3 is 20.1 Å². The van der Waals surface area contributed by atoms with E-state index in [-0.39, 0.29) is 29.6 Å². The molecule has 4 rings (SSSR count). The van der Waals surface area contributed by atoms with Crippen molar-refractivity contribution >= 4 is 24.0 Å². The van der Waals surface area contributed by atoms with Crippen LogP contribution >= 0.6 is 12.4 Å². The Morgan fingerprint density at radius 1 is 1.07 bits per heavy atom. The summed E-state index contributed by atoms with van der Waals surface area (Å²) in [6, 6.07) is 15.0. The standard InChI is InChI=1S/C21H24N2O3.ClH/c1-25-18-4-2-3-5-19(18)26-16-8-6-15(7-9-16)23-20(24)17-14-21(17)10-12-22-13-11-21;/h2-9,17,22H,10-14H2,1H3,(H,23,24);1H. The number of benzene rings is 2. The fraction of sp³-hybridized carbons (Fsp3) is 0.381. The molecule has 2 N–H and O–H groups in total. The number of ether oxygens (including phenoxy) is 2. The van der Waals surface area contributed by atoms with Crippen LogP contribution in [0.1, 0.15) is 19.3 Å². The van der Waals surface area contributed by atoms with Crippen molar-refractivity contribution < 1.29 is 14.3 Å². The summed E-state index contributed by atoms with van der Waals surface area (Å²) in [4.78, 5) is 12.5. The summed E-state index contributed by atoms with van der Waals surface area (Å²) in [7, 11) is 1.62. The molecule has 2 aliphatic rings. The van der Waals surface area contributed by atoms with Gasteiger partial charge in [0, 0.05) is 11.6 Å². The number of nitrogens with one attached hydrogen (secondary N) is 2. The van der Waals surface area contributed by atoms with Crippen LogP contribution in [0.15, 0.2) is 48.5 Å². The van der Waals surface area contributed by atoms with Crippen LogP contribution in [-0.4, -0.2) is 26.1 Å². The lowest BCUT2D eigenvalue weighted by Crippen LogP contribution is -2.31. The summed E-state index contributed by atoms with van der Waals surface area (Å²) in [6.45, 7) is 2.05. The van der Waals surface area contributed by atoms with E-state index < -0.39 is 0 Å². The minimum absolute atomic E-state index is 0. The zero-order chi connectivity index (χ0) is 18.0. The van der Waals surface area contributed by atoms with Crippen molar-refractivity contribution in [2.45, 2.75) is 19.3 Å². The molecule has 1 spiro atoms. The normalized spacial score (nSPS) is 19.7. The van der Waals surface area contributed by atoms with Gasteiger partial charge in [-0.25, -0.2) is 0 Å². The third-order valence-corrected chi connectivity index (χ3v) is 5.52. The largest absolute Gasteiger partial charge is 0.493 e. The fourth-order valence-electron chi connectivity index (χ4n) is 3.86. The zero-order valence-corrected chi connectivity index (χ0v) is 16.2. The third-order valence-electron chi connectivity index (χ3n) is 5.52. The van der Waals surface area contributed by atoms with E-state index in [4.69, 9.17) is 9.47 Å². The van der Waals surface area contributed by atoms with Gasteiger partial charge in [-0.15, -0.1) is 12.4 Å². The lowest BCUT2D eigenvalue weighted by atomic mass is 9.92. The summed E-state index contributed by atoms with van der Waals surface area (Å²) in [5.74, 6) is 2.36. The fourth-order valence-corrected chi connectivity index (χ4v) is 3.86. The second kappa shape index (κ2) is 8.19. The van der Waals surface area contributed by atoms with Gasteiger partial charge >= 0.3 is 0 Å². The van der Waals surface area contributed by atoms with Crippen molar-refractivity contribution in [3.63, 3.8) is 0 Å². The molecule has 0 radical (unpaired) electrons. The van der Waals surface area contributed by atoms with E-state index in [1.165, 1.54) is 0 Å². The first-order valence-corrected chi connectivity index (χ1v) is 9.13. The van der Waals surface area contributed by atoms with Gasteiger partial charge in [-0.05, 0) is 74.2 Å². The number of rotatable bonds is 5. The highest BCUT2D eigenvalue weighted by molar-refractivity contribution is 5.95. The van der Waals surface area contributed by atoms with Crippen molar-refractivity contribution in [1.82, 2.24) is 5.32 Å². The van der Waals surface area contributed by atoms with Gasteiger partial charge in [0.05, 0.1) is 7.11 Å². The Morgan fingerprint density at radius 2 is 1.74 bits per heavy atom. The van der Waals surface area contributed by atoms with Gasteiger partial charge in [0.1, 0.15) is 5.75 Å². The van der Waals surface area contributed by atoms with Crippen LogP contribution in [-0.2, 0) is 4.79 Å². The molecular weight excluding hydrogens is 364 g/mol. The third kappa shape index (κ3) is 4.20. The van der Waals surface area contributed by atoms with Crippen molar-refractivity contribution in [3.05, 3.63) is 48.5 Å². The number of hydrogen-bond acceptors (Lipinski definition) is 4. The molecule has 1 atom stereocenters. The number of methoxy groups -OCH3 is 1. The van der Waals surface area contributed by atoms with E-state index in [0.717, 1.165) is 38.0 Å². The maximum absolute atomic E-state index is 12.5.